The van der Waals surface area contributed by atoms with Crippen molar-refractivity contribution in [2.45, 2.75) is 11.8 Å². The predicted octanol–water partition coefficient (Wildman–Crippen LogP) is 2.20. The first-order chi connectivity index (χ1) is 11.4. The summed E-state index contributed by atoms with van der Waals surface area (Å²) >= 11 is 0. The summed E-state index contributed by atoms with van der Waals surface area (Å²) < 4.78 is 37.1. The summed E-state index contributed by atoms with van der Waals surface area (Å²) in [4.78, 5) is 11.1. The lowest BCUT2D eigenvalue weighted by molar-refractivity contribution is -0.114. The normalized spacial score (nSPS) is 12.8. The molecule has 1 amide bonds. The maximum Gasteiger partial charge on any atom is 0.264 e. The van der Waals surface area contributed by atoms with Gasteiger partial charge in [-0.3, -0.25) is 9.10 Å². The van der Waals surface area contributed by atoms with Crippen LogP contribution >= 0.6 is 0 Å². The summed E-state index contributed by atoms with van der Waals surface area (Å²) in [5.74, 6) is 0.742. The number of ether oxygens (including phenoxy) is 2. The summed E-state index contributed by atoms with van der Waals surface area (Å²) in [7, 11) is -2.27. The topological polar surface area (TPSA) is 84.9 Å². The number of carbonyl (C=O) groups excluding carboxylic acids is 1. The Bertz CT molecular complexity index is 878. The largest absolute Gasteiger partial charge is 0.454 e. The molecule has 1 aliphatic heterocycles. The minimum atomic E-state index is -3.74. The Morgan fingerprint density at radius 1 is 1.08 bits per heavy atom. The first kappa shape index (κ1) is 16.1. The van der Waals surface area contributed by atoms with Crippen molar-refractivity contribution in [1.29, 1.82) is 0 Å². The molecule has 0 spiro atoms. The van der Waals surface area contributed by atoms with E-state index in [2.05, 4.69) is 5.32 Å². The Kier molecular flexibility index (Phi) is 4.06. The van der Waals surface area contributed by atoms with Crippen molar-refractivity contribution in [3.05, 3.63) is 42.5 Å². The first-order valence-corrected chi connectivity index (χ1v) is 8.58. The lowest BCUT2D eigenvalue weighted by Gasteiger charge is -2.20. The number of hydrogen-bond donors (Lipinski definition) is 1. The van der Waals surface area contributed by atoms with Crippen LogP contribution in [0.25, 0.3) is 0 Å². The Balaban J connectivity index is 1.87. The van der Waals surface area contributed by atoms with E-state index < -0.39 is 10.0 Å². The molecule has 2 aromatic carbocycles. The van der Waals surface area contributed by atoms with Gasteiger partial charge in [0, 0.05) is 25.7 Å². The van der Waals surface area contributed by atoms with Crippen molar-refractivity contribution >= 4 is 27.3 Å². The predicted molar refractivity (Wildman–Crippen MR) is 88.9 cm³/mol. The monoisotopic (exact) mass is 348 g/mol. The van der Waals surface area contributed by atoms with E-state index in [9.17, 15) is 13.2 Å². The maximum atomic E-state index is 12.8. The van der Waals surface area contributed by atoms with Crippen LogP contribution in [-0.2, 0) is 14.8 Å². The highest BCUT2D eigenvalue weighted by Crippen LogP contribution is 2.35. The third-order valence-electron chi connectivity index (χ3n) is 3.55. The molecule has 2 aromatic rings. The number of hydrogen-bond acceptors (Lipinski definition) is 5. The molecule has 0 radical (unpaired) electrons. The quantitative estimate of drug-likeness (QED) is 0.915. The maximum absolute atomic E-state index is 12.8. The van der Waals surface area contributed by atoms with Gasteiger partial charge in [-0.1, -0.05) is 0 Å². The molecule has 3 rings (SSSR count). The number of carbonyl (C=O) groups is 1. The molecule has 8 heteroatoms. The summed E-state index contributed by atoms with van der Waals surface area (Å²) in [6.07, 6.45) is 0. The van der Waals surface area contributed by atoms with E-state index in [4.69, 9.17) is 9.47 Å². The van der Waals surface area contributed by atoms with Gasteiger partial charge >= 0.3 is 0 Å². The molecule has 1 heterocycles. The van der Waals surface area contributed by atoms with Crippen LogP contribution in [-0.4, -0.2) is 28.2 Å². The number of anilines is 2. The van der Waals surface area contributed by atoms with Gasteiger partial charge in [0.15, 0.2) is 11.5 Å². The van der Waals surface area contributed by atoms with Crippen molar-refractivity contribution in [2.24, 2.45) is 0 Å². The second-order valence-electron chi connectivity index (χ2n) is 5.22. The minimum Gasteiger partial charge on any atom is -0.454 e. The molecule has 0 unspecified atom stereocenters. The van der Waals surface area contributed by atoms with Gasteiger partial charge in [0.05, 0.1) is 10.6 Å². The van der Waals surface area contributed by atoms with Gasteiger partial charge in [-0.2, -0.15) is 0 Å². The Morgan fingerprint density at radius 3 is 2.42 bits per heavy atom. The number of fused-ring (bicyclic) bond motifs is 1. The number of benzene rings is 2. The Labute approximate surface area is 139 Å². The Hall–Kier alpha value is -2.74. The molecule has 24 heavy (non-hydrogen) atoms. The number of amides is 1. The highest BCUT2D eigenvalue weighted by molar-refractivity contribution is 7.92. The molecule has 0 fully saturated rings. The molecule has 0 saturated heterocycles. The number of nitrogens with one attached hydrogen (secondary N) is 1. The first-order valence-electron chi connectivity index (χ1n) is 7.14. The molecular weight excluding hydrogens is 332 g/mol. The van der Waals surface area contributed by atoms with E-state index in [1.807, 2.05) is 0 Å². The van der Waals surface area contributed by atoms with Crippen molar-refractivity contribution in [3.63, 3.8) is 0 Å². The van der Waals surface area contributed by atoms with Crippen molar-refractivity contribution in [2.75, 3.05) is 23.5 Å². The highest BCUT2D eigenvalue weighted by Gasteiger charge is 2.24. The van der Waals surface area contributed by atoms with Gasteiger partial charge in [-0.15, -0.1) is 0 Å². The van der Waals surface area contributed by atoms with Gasteiger partial charge in [-0.25, -0.2) is 8.42 Å². The van der Waals surface area contributed by atoms with Crippen molar-refractivity contribution in [1.82, 2.24) is 0 Å². The van der Waals surface area contributed by atoms with Crippen LogP contribution in [0.5, 0.6) is 11.5 Å². The third kappa shape index (κ3) is 3.00. The van der Waals surface area contributed by atoms with E-state index in [1.54, 1.807) is 30.3 Å². The smallest absolute Gasteiger partial charge is 0.264 e. The van der Waals surface area contributed by atoms with Crippen molar-refractivity contribution in [3.8, 4) is 11.5 Å². The zero-order valence-electron chi connectivity index (χ0n) is 13.1. The van der Waals surface area contributed by atoms with Gasteiger partial charge in [-0.05, 0) is 36.4 Å². The molecule has 126 valence electrons. The van der Waals surface area contributed by atoms with Crippen LogP contribution in [0.15, 0.2) is 47.4 Å². The number of sulfonamides is 1. The third-order valence-corrected chi connectivity index (χ3v) is 5.34. The van der Waals surface area contributed by atoms with E-state index in [-0.39, 0.29) is 17.6 Å². The zero-order chi connectivity index (χ0) is 17.3. The van der Waals surface area contributed by atoms with Gasteiger partial charge in [0.25, 0.3) is 10.0 Å². The number of rotatable bonds is 4. The molecule has 0 aromatic heterocycles. The lowest BCUT2D eigenvalue weighted by Crippen LogP contribution is -2.26. The van der Waals surface area contributed by atoms with Crippen LogP contribution < -0.4 is 19.1 Å². The molecule has 0 aliphatic carbocycles. The van der Waals surface area contributed by atoms with Crippen LogP contribution in [0.4, 0.5) is 11.4 Å². The van der Waals surface area contributed by atoms with Crippen molar-refractivity contribution < 1.29 is 22.7 Å². The van der Waals surface area contributed by atoms with Crippen LogP contribution in [0.2, 0.25) is 0 Å². The average Bonchev–Trinajstić information content (AvgIpc) is 3.02. The van der Waals surface area contributed by atoms with E-state index in [1.165, 1.54) is 30.4 Å². The van der Waals surface area contributed by atoms with Gasteiger partial charge in [0.2, 0.25) is 12.7 Å². The lowest BCUT2D eigenvalue weighted by atomic mass is 10.3. The summed E-state index contributed by atoms with van der Waals surface area (Å²) in [5, 5.41) is 2.63. The van der Waals surface area contributed by atoms with Gasteiger partial charge in [0.1, 0.15) is 0 Å². The molecule has 1 N–H and O–H groups in total. The molecule has 1 aliphatic rings. The molecule has 7 nitrogen and oxygen atoms in total. The fourth-order valence-electron chi connectivity index (χ4n) is 2.29. The molecule has 0 atom stereocenters. The SMILES string of the molecule is CC(=O)Nc1ccc(N(C)S(=O)(=O)c2ccc3c(c2)OCO3)cc1. The van der Waals surface area contributed by atoms with E-state index >= 15 is 0 Å². The molecule has 0 saturated carbocycles. The second kappa shape index (κ2) is 6.04. The summed E-state index contributed by atoms with van der Waals surface area (Å²) in [6, 6.07) is 11.0. The minimum absolute atomic E-state index is 0.0826. The fourth-order valence-corrected chi connectivity index (χ4v) is 3.50. The standard InChI is InChI=1S/C16H16N2O5S/c1-11(19)17-12-3-5-13(6-4-12)18(2)24(20,21)14-7-8-15-16(9-14)23-10-22-15/h3-9H,10H2,1-2H3,(H,17,19). The highest BCUT2D eigenvalue weighted by atomic mass is 32.2. The van der Waals surface area contributed by atoms with Crippen LogP contribution in [0.1, 0.15) is 6.92 Å². The van der Waals surface area contributed by atoms with Gasteiger partial charge < -0.3 is 14.8 Å². The Morgan fingerprint density at radius 2 is 1.75 bits per heavy atom. The zero-order valence-corrected chi connectivity index (χ0v) is 14.0. The van der Waals surface area contributed by atoms with Crippen LogP contribution in [0.3, 0.4) is 0 Å². The average molecular weight is 348 g/mol. The second-order valence-corrected chi connectivity index (χ2v) is 7.18. The molecular formula is C16H16N2O5S. The molecule has 0 bridgehead atoms. The summed E-state index contributed by atoms with van der Waals surface area (Å²) in [6.45, 7) is 1.49. The fraction of sp³-hybridized carbons (Fsp3) is 0.188. The summed E-state index contributed by atoms with van der Waals surface area (Å²) in [5.41, 5.74) is 1.07. The number of nitrogens with zero attached hydrogens (tertiary/aromatic N) is 1. The van der Waals surface area contributed by atoms with Crippen LogP contribution in [0, 0.1) is 0 Å². The van der Waals surface area contributed by atoms with E-state index in [0.717, 1.165) is 0 Å². The van der Waals surface area contributed by atoms with E-state index in [0.29, 0.717) is 22.9 Å².